The SMILES string of the molecule is CCCCCCCCCCC(CO)CCCCCCCC.CCCCCCCCCCCC(=O)O. The summed E-state index contributed by atoms with van der Waals surface area (Å²) >= 11 is 0. The van der Waals surface area contributed by atoms with E-state index in [-0.39, 0.29) is 0 Å². The van der Waals surface area contributed by atoms with Gasteiger partial charge in [-0.3, -0.25) is 4.79 Å². The second-order valence-corrected chi connectivity index (χ2v) is 10.8. The standard InChI is InChI=1S/C20H42O.C12H24O2/c1-3-5-7-9-11-12-14-16-18-20(19-21)17-15-13-10-8-6-4-2;1-2-3-4-5-6-7-8-9-10-11-12(13)14/h20-21H,3-19H2,1-2H3;2-11H2,1H3,(H,13,14). The Hall–Kier alpha value is -0.570. The molecule has 0 amide bonds. The van der Waals surface area contributed by atoms with Crippen LogP contribution in [0.3, 0.4) is 0 Å². The zero-order chi connectivity index (χ0) is 26.2. The number of aliphatic hydroxyl groups is 1. The van der Waals surface area contributed by atoms with Crippen LogP contribution >= 0.6 is 0 Å². The molecule has 0 heterocycles. The minimum absolute atomic E-state index is 0.343. The van der Waals surface area contributed by atoms with E-state index >= 15 is 0 Å². The fraction of sp³-hybridized carbons (Fsp3) is 0.969. The van der Waals surface area contributed by atoms with Crippen LogP contribution in [0.4, 0.5) is 0 Å². The van der Waals surface area contributed by atoms with Crippen molar-refractivity contribution in [2.24, 2.45) is 5.92 Å². The van der Waals surface area contributed by atoms with Gasteiger partial charge in [0.05, 0.1) is 0 Å². The van der Waals surface area contributed by atoms with Crippen LogP contribution < -0.4 is 0 Å². The van der Waals surface area contributed by atoms with E-state index in [2.05, 4.69) is 20.8 Å². The van der Waals surface area contributed by atoms with Gasteiger partial charge in [0.1, 0.15) is 0 Å². The normalized spacial score (nSPS) is 11.8. The van der Waals surface area contributed by atoms with Crippen LogP contribution in [0.25, 0.3) is 0 Å². The molecular weight excluding hydrogens is 432 g/mol. The predicted octanol–water partition coefficient (Wildman–Crippen LogP) is 10.9. The summed E-state index contributed by atoms with van der Waals surface area (Å²) in [5.41, 5.74) is 0. The van der Waals surface area contributed by atoms with E-state index in [1.54, 1.807) is 0 Å². The van der Waals surface area contributed by atoms with Gasteiger partial charge < -0.3 is 10.2 Å². The van der Waals surface area contributed by atoms with Crippen LogP contribution in [0.5, 0.6) is 0 Å². The highest BCUT2D eigenvalue weighted by atomic mass is 16.4. The molecule has 0 aromatic heterocycles. The number of hydrogen-bond donors (Lipinski definition) is 2. The molecule has 3 heteroatoms. The topological polar surface area (TPSA) is 57.5 Å². The quantitative estimate of drug-likeness (QED) is 0.111. The molecule has 1 unspecified atom stereocenters. The molecule has 2 N–H and O–H groups in total. The number of hydrogen-bond acceptors (Lipinski definition) is 2. The van der Waals surface area contributed by atoms with E-state index in [1.807, 2.05) is 0 Å². The molecule has 0 saturated heterocycles. The highest BCUT2D eigenvalue weighted by Crippen LogP contribution is 2.19. The van der Waals surface area contributed by atoms with E-state index in [9.17, 15) is 9.90 Å². The fourth-order valence-corrected chi connectivity index (χ4v) is 4.69. The highest BCUT2D eigenvalue weighted by molar-refractivity contribution is 5.66. The van der Waals surface area contributed by atoms with Crippen LogP contribution in [0.1, 0.15) is 188 Å². The van der Waals surface area contributed by atoms with Crippen LogP contribution in [-0.4, -0.2) is 22.8 Å². The van der Waals surface area contributed by atoms with Crippen LogP contribution in [0.15, 0.2) is 0 Å². The summed E-state index contributed by atoms with van der Waals surface area (Å²) in [6.45, 7) is 7.18. The van der Waals surface area contributed by atoms with Gasteiger partial charge in [0.2, 0.25) is 0 Å². The Morgan fingerprint density at radius 3 is 1.06 bits per heavy atom. The zero-order valence-corrected chi connectivity index (χ0v) is 24.5. The van der Waals surface area contributed by atoms with Crippen LogP contribution in [0, 0.1) is 5.92 Å². The summed E-state index contributed by atoms with van der Waals surface area (Å²) < 4.78 is 0. The van der Waals surface area contributed by atoms with Crippen molar-refractivity contribution in [3.63, 3.8) is 0 Å². The average molecular weight is 499 g/mol. The monoisotopic (exact) mass is 499 g/mol. The zero-order valence-electron chi connectivity index (χ0n) is 24.5. The number of rotatable bonds is 27. The Morgan fingerprint density at radius 1 is 0.486 bits per heavy atom. The number of carboxylic acid groups (broad SMARTS) is 1. The molecular formula is C32H66O3. The van der Waals surface area contributed by atoms with Gasteiger partial charge >= 0.3 is 5.97 Å². The summed E-state index contributed by atoms with van der Waals surface area (Å²) in [5.74, 6) is -0.0794. The van der Waals surface area contributed by atoms with Gasteiger partial charge in [0.25, 0.3) is 0 Å². The molecule has 0 aliphatic rings. The first-order valence-electron chi connectivity index (χ1n) is 15.9. The van der Waals surface area contributed by atoms with Gasteiger partial charge in [0.15, 0.2) is 0 Å². The number of aliphatic carboxylic acids is 1. The molecule has 0 aromatic carbocycles. The average Bonchev–Trinajstić information content (AvgIpc) is 2.85. The molecule has 0 radical (unpaired) electrons. The van der Waals surface area contributed by atoms with Gasteiger partial charge in [-0.1, -0.05) is 162 Å². The third kappa shape index (κ3) is 35.7. The minimum Gasteiger partial charge on any atom is -0.481 e. The van der Waals surface area contributed by atoms with Gasteiger partial charge in [-0.05, 0) is 25.2 Å². The second-order valence-electron chi connectivity index (χ2n) is 10.8. The van der Waals surface area contributed by atoms with Crippen molar-refractivity contribution in [1.29, 1.82) is 0 Å². The molecule has 0 aliphatic heterocycles. The summed E-state index contributed by atoms with van der Waals surface area (Å²) in [4.78, 5) is 10.2. The van der Waals surface area contributed by atoms with E-state index in [0.29, 0.717) is 18.9 Å². The Kier molecular flexibility index (Phi) is 34.9. The largest absolute Gasteiger partial charge is 0.481 e. The molecule has 35 heavy (non-hydrogen) atoms. The van der Waals surface area contributed by atoms with Crippen molar-refractivity contribution >= 4 is 5.97 Å². The first-order chi connectivity index (χ1) is 17.1. The van der Waals surface area contributed by atoms with Crippen molar-refractivity contribution in [3.8, 4) is 0 Å². The number of carbonyl (C=O) groups is 1. The smallest absolute Gasteiger partial charge is 0.303 e. The molecule has 212 valence electrons. The van der Waals surface area contributed by atoms with Crippen molar-refractivity contribution in [1.82, 2.24) is 0 Å². The van der Waals surface area contributed by atoms with E-state index in [4.69, 9.17) is 5.11 Å². The second kappa shape index (κ2) is 33.4. The number of aliphatic hydroxyl groups excluding tert-OH is 1. The lowest BCUT2D eigenvalue weighted by molar-refractivity contribution is -0.137. The van der Waals surface area contributed by atoms with Crippen molar-refractivity contribution in [2.75, 3.05) is 6.61 Å². The fourth-order valence-electron chi connectivity index (χ4n) is 4.69. The Labute approximate surface area is 221 Å². The maximum Gasteiger partial charge on any atom is 0.303 e. The van der Waals surface area contributed by atoms with Crippen LogP contribution in [-0.2, 0) is 4.79 Å². The molecule has 0 rings (SSSR count). The van der Waals surface area contributed by atoms with Crippen molar-refractivity contribution < 1.29 is 15.0 Å². The summed E-state index contributed by atoms with van der Waals surface area (Å²) in [7, 11) is 0. The Morgan fingerprint density at radius 2 is 0.771 bits per heavy atom. The molecule has 0 aliphatic carbocycles. The maximum atomic E-state index is 10.2. The number of unbranched alkanes of at least 4 members (excludes halogenated alkanes) is 20. The van der Waals surface area contributed by atoms with E-state index in [1.165, 1.54) is 148 Å². The molecule has 0 spiro atoms. The summed E-state index contributed by atoms with van der Waals surface area (Å²) in [5, 5.41) is 17.9. The molecule has 1 atom stereocenters. The van der Waals surface area contributed by atoms with E-state index in [0.717, 1.165) is 12.8 Å². The van der Waals surface area contributed by atoms with Gasteiger partial charge in [-0.15, -0.1) is 0 Å². The predicted molar refractivity (Wildman–Crippen MR) is 155 cm³/mol. The first kappa shape index (κ1) is 36.6. The number of carboxylic acids is 1. The Balaban J connectivity index is 0. The first-order valence-corrected chi connectivity index (χ1v) is 15.9. The van der Waals surface area contributed by atoms with Crippen molar-refractivity contribution in [3.05, 3.63) is 0 Å². The highest BCUT2D eigenvalue weighted by Gasteiger charge is 2.06. The molecule has 0 fully saturated rings. The van der Waals surface area contributed by atoms with Gasteiger partial charge in [-0.25, -0.2) is 0 Å². The maximum absolute atomic E-state index is 10.2. The molecule has 0 aromatic rings. The molecule has 0 saturated carbocycles. The molecule has 0 bridgehead atoms. The lowest BCUT2D eigenvalue weighted by Gasteiger charge is -2.13. The van der Waals surface area contributed by atoms with E-state index < -0.39 is 5.97 Å². The van der Waals surface area contributed by atoms with Gasteiger partial charge in [0, 0.05) is 13.0 Å². The molecule has 3 nitrogen and oxygen atoms in total. The van der Waals surface area contributed by atoms with Crippen LogP contribution in [0.2, 0.25) is 0 Å². The summed E-state index contributed by atoms with van der Waals surface area (Å²) in [6.07, 6.45) is 33.3. The lowest BCUT2D eigenvalue weighted by atomic mass is 9.95. The summed E-state index contributed by atoms with van der Waals surface area (Å²) in [6, 6.07) is 0. The lowest BCUT2D eigenvalue weighted by Crippen LogP contribution is -2.06. The Bertz CT molecular complexity index is 383. The van der Waals surface area contributed by atoms with Gasteiger partial charge in [-0.2, -0.15) is 0 Å². The van der Waals surface area contributed by atoms with Crippen molar-refractivity contribution in [2.45, 2.75) is 188 Å². The third-order valence-corrected chi connectivity index (χ3v) is 7.18. The minimum atomic E-state index is -0.659. The third-order valence-electron chi connectivity index (χ3n) is 7.18.